The van der Waals surface area contributed by atoms with E-state index in [2.05, 4.69) is 25.3 Å². The predicted octanol–water partition coefficient (Wildman–Crippen LogP) is 4.35. The van der Waals surface area contributed by atoms with E-state index in [9.17, 15) is 14.0 Å². The van der Waals surface area contributed by atoms with Crippen LogP contribution in [-0.2, 0) is 4.79 Å². The maximum Gasteiger partial charge on any atom is 0.289 e. The highest BCUT2D eigenvalue weighted by Gasteiger charge is 2.21. The highest BCUT2D eigenvalue weighted by Crippen LogP contribution is 2.33. The van der Waals surface area contributed by atoms with Crippen LogP contribution < -0.4 is 11.1 Å². The van der Waals surface area contributed by atoms with Crippen LogP contribution in [0, 0.1) is 5.82 Å². The number of pyridine rings is 1. The summed E-state index contributed by atoms with van der Waals surface area (Å²) in [6.07, 6.45) is 4.53. The van der Waals surface area contributed by atoms with Gasteiger partial charge in [0.15, 0.2) is 5.82 Å². The number of aromatic nitrogens is 4. The minimum absolute atomic E-state index is 0.0334. The number of rotatable bonds is 6. The number of Topliss-reactive ketones (excluding diaryl/α,β-unsaturated/α-hetero) is 1. The number of H-pyrrole nitrogens is 1. The highest BCUT2D eigenvalue weighted by molar-refractivity contribution is 6.44. The maximum atomic E-state index is 14.4. The van der Waals surface area contributed by atoms with Crippen molar-refractivity contribution in [3.8, 4) is 11.4 Å². The van der Waals surface area contributed by atoms with Crippen molar-refractivity contribution in [3.63, 3.8) is 0 Å². The third kappa shape index (κ3) is 3.90. The van der Waals surface area contributed by atoms with Gasteiger partial charge in [-0.1, -0.05) is 25.4 Å². The van der Waals surface area contributed by atoms with Gasteiger partial charge in [-0.15, -0.1) is 0 Å². The van der Waals surface area contributed by atoms with Gasteiger partial charge in [0.25, 0.3) is 11.7 Å². The summed E-state index contributed by atoms with van der Waals surface area (Å²) >= 11 is 6.03. The molecule has 0 aliphatic rings. The fourth-order valence-electron chi connectivity index (χ4n) is 3.31. The van der Waals surface area contributed by atoms with Crippen molar-refractivity contribution in [1.29, 1.82) is 0 Å². The molecule has 1 aromatic carbocycles. The number of fused-ring (bicyclic) bond motifs is 1. The highest BCUT2D eigenvalue weighted by atomic mass is 35.5. The Balaban J connectivity index is 1.86. The zero-order chi connectivity index (χ0) is 23.0. The van der Waals surface area contributed by atoms with E-state index < -0.39 is 17.5 Å². The van der Waals surface area contributed by atoms with Gasteiger partial charge in [0.1, 0.15) is 17.3 Å². The first-order valence-electron chi connectivity index (χ1n) is 9.66. The van der Waals surface area contributed by atoms with Crippen LogP contribution in [-0.4, -0.2) is 31.6 Å². The first-order valence-corrected chi connectivity index (χ1v) is 10.0. The van der Waals surface area contributed by atoms with E-state index in [4.69, 9.17) is 17.3 Å². The largest absolute Gasteiger partial charge is 0.363 e. The van der Waals surface area contributed by atoms with Crippen LogP contribution in [0.15, 0.2) is 42.9 Å². The average Bonchev–Trinajstić information content (AvgIpc) is 3.19. The Hall–Kier alpha value is -3.85. The Morgan fingerprint density at radius 1 is 1.22 bits per heavy atom. The van der Waals surface area contributed by atoms with Crippen LogP contribution in [0.3, 0.4) is 0 Å². The fourth-order valence-corrected chi connectivity index (χ4v) is 3.48. The molecule has 10 heteroatoms. The van der Waals surface area contributed by atoms with Gasteiger partial charge in [0.05, 0.1) is 22.2 Å². The first-order chi connectivity index (χ1) is 15.3. The Kier molecular flexibility index (Phi) is 5.58. The molecule has 0 spiro atoms. The molecule has 0 radical (unpaired) electrons. The number of halogens is 2. The van der Waals surface area contributed by atoms with Crippen molar-refractivity contribution in [1.82, 2.24) is 19.9 Å². The van der Waals surface area contributed by atoms with Crippen LogP contribution in [0.5, 0.6) is 0 Å². The topological polar surface area (TPSA) is 127 Å². The monoisotopic (exact) mass is 452 g/mol. The first kappa shape index (κ1) is 21.4. The number of anilines is 2. The minimum Gasteiger partial charge on any atom is -0.363 e. The molecule has 0 saturated heterocycles. The van der Waals surface area contributed by atoms with Crippen molar-refractivity contribution in [2.75, 3.05) is 5.32 Å². The smallest absolute Gasteiger partial charge is 0.289 e. The molecule has 162 valence electrons. The van der Waals surface area contributed by atoms with Crippen molar-refractivity contribution in [3.05, 3.63) is 64.8 Å². The molecule has 0 bridgehead atoms. The molecule has 0 aliphatic heterocycles. The van der Waals surface area contributed by atoms with Crippen LogP contribution in [0.25, 0.3) is 22.4 Å². The summed E-state index contributed by atoms with van der Waals surface area (Å²) in [5.74, 6) is -1.85. The molecule has 8 nitrogen and oxygen atoms in total. The van der Waals surface area contributed by atoms with Crippen LogP contribution in [0.1, 0.15) is 35.7 Å². The Labute approximate surface area is 187 Å². The summed E-state index contributed by atoms with van der Waals surface area (Å²) in [4.78, 5) is 39.6. The van der Waals surface area contributed by atoms with Crippen LogP contribution in [0.4, 0.5) is 15.9 Å². The van der Waals surface area contributed by atoms with Gasteiger partial charge in [0.2, 0.25) is 0 Å². The Bertz CT molecular complexity index is 1370. The molecular weight excluding hydrogens is 435 g/mol. The molecule has 0 atom stereocenters. The van der Waals surface area contributed by atoms with Gasteiger partial charge in [-0.05, 0) is 30.2 Å². The standard InChI is InChI=1S/C22H18ClFN6O2/c1-10(2)13-8-27-20(12-7-11(23)3-4-15(12)24)30-21(13)29-16-5-6-26-22-17(16)14(9-28-22)18(31)19(25)32/h3-10H,1-2H3,(H2,25,32)(H2,26,27,28,29,30). The predicted molar refractivity (Wildman–Crippen MR) is 119 cm³/mol. The van der Waals surface area contributed by atoms with Crippen molar-refractivity contribution in [2.45, 2.75) is 19.8 Å². The zero-order valence-electron chi connectivity index (χ0n) is 17.1. The molecule has 4 aromatic rings. The second-order valence-electron chi connectivity index (χ2n) is 7.38. The number of primary amides is 1. The second-order valence-corrected chi connectivity index (χ2v) is 7.82. The number of nitrogens with two attached hydrogens (primary N) is 1. The lowest BCUT2D eigenvalue weighted by Gasteiger charge is -2.16. The summed E-state index contributed by atoms with van der Waals surface area (Å²) in [5.41, 5.74) is 7.05. The van der Waals surface area contributed by atoms with Crippen LogP contribution >= 0.6 is 11.6 Å². The number of aromatic amines is 1. The lowest BCUT2D eigenvalue weighted by Crippen LogP contribution is -2.22. The molecule has 3 heterocycles. The summed E-state index contributed by atoms with van der Waals surface area (Å²) in [6.45, 7) is 3.92. The SMILES string of the molecule is CC(C)c1cnc(-c2cc(Cl)ccc2F)nc1Nc1ccnc2[nH]cc(C(=O)C(N)=O)c12. The van der Waals surface area contributed by atoms with Gasteiger partial charge in [-0.3, -0.25) is 9.59 Å². The van der Waals surface area contributed by atoms with E-state index in [1.54, 1.807) is 12.3 Å². The minimum atomic E-state index is -1.08. The molecule has 3 aromatic heterocycles. The lowest BCUT2D eigenvalue weighted by atomic mass is 10.0. The lowest BCUT2D eigenvalue weighted by molar-refractivity contribution is -0.114. The summed E-state index contributed by atoms with van der Waals surface area (Å²) in [5, 5.41) is 3.93. The molecule has 0 unspecified atom stereocenters. The van der Waals surface area contributed by atoms with E-state index in [1.165, 1.54) is 30.6 Å². The van der Waals surface area contributed by atoms with Crippen molar-refractivity contribution in [2.24, 2.45) is 5.73 Å². The third-order valence-electron chi connectivity index (χ3n) is 4.90. The summed E-state index contributed by atoms with van der Waals surface area (Å²) in [6, 6.07) is 5.78. The second kappa shape index (κ2) is 8.35. The quantitative estimate of drug-likeness (QED) is 0.295. The van der Waals surface area contributed by atoms with Gasteiger partial charge < -0.3 is 16.0 Å². The summed E-state index contributed by atoms with van der Waals surface area (Å²) < 4.78 is 14.4. The van der Waals surface area contributed by atoms with Crippen LogP contribution in [0.2, 0.25) is 5.02 Å². The number of nitrogens with zero attached hydrogens (tertiary/aromatic N) is 3. The number of carbonyl (C=O) groups is 2. The van der Waals surface area contributed by atoms with E-state index in [0.29, 0.717) is 27.6 Å². The molecule has 4 N–H and O–H groups in total. The van der Waals surface area contributed by atoms with E-state index in [-0.39, 0.29) is 22.9 Å². The van der Waals surface area contributed by atoms with Crippen molar-refractivity contribution < 1.29 is 14.0 Å². The maximum absolute atomic E-state index is 14.4. The number of carbonyl (C=O) groups excluding carboxylic acids is 2. The number of nitrogens with one attached hydrogen (secondary N) is 2. The average molecular weight is 453 g/mol. The molecule has 1 amide bonds. The fraction of sp³-hybridized carbons (Fsp3) is 0.136. The number of amides is 1. The molecular formula is C22H18ClFN6O2. The normalized spacial score (nSPS) is 11.2. The number of hydrogen-bond donors (Lipinski definition) is 3. The molecule has 0 aliphatic carbocycles. The Morgan fingerprint density at radius 3 is 2.72 bits per heavy atom. The third-order valence-corrected chi connectivity index (χ3v) is 5.14. The van der Waals surface area contributed by atoms with E-state index in [1.807, 2.05) is 13.8 Å². The van der Waals surface area contributed by atoms with Crippen molar-refractivity contribution >= 4 is 45.8 Å². The van der Waals surface area contributed by atoms with E-state index >= 15 is 0 Å². The number of benzene rings is 1. The van der Waals surface area contributed by atoms with Gasteiger partial charge >= 0.3 is 0 Å². The van der Waals surface area contributed by atoms with Gasteiger partial charge in [-0.25, -0.2) is 19.3 Å². The molecule has 4 rings (SSSR count). The number of ketones is 1. The van der Waals surface area contributed by atoms with Gasteiger partial charge in [-0.2, -0.15) is 0 Å². The molecule has 0 fully saturated rings. The summed E-state index contributed by atoms with van der Waals surface area (Å²) in [7, 11) is 0. The van der Waals surface area contributed by atoms with Gasteiger partial charge in [0, 0.05) is 29.2 Å². The molecule has 32 heavy (non-hydrogen) atoms. The zero-order valence-corrected chi connectivity index (χ0v) is 17.9. The Morgan fingerprint density at radius 2 is 2.00 bits per heavy atom. The van der Waals surface area contributed by atoms with E-state index in [0.717, 1.165) is 5.56 Å². The molecule has 0 saturated carbocycles. The number of hydrogen-bond acceptors (Lipinski definition) is 6.